The molecule has 120 valence electrons. The fourth-order valence-corrected chi connectivity index (χ4v) is 3.55. The van der Waals surface area contributed by atoms with Crippen molar-refractivity contribution in [1.29, 1.82) is 0 Å². The maximum absolute atomic E-state index is 11.5. The van der Waals surface area contributed by atoms with Crippen LogP contribution in [-0.4, -0.2) is 33.0 Å². The van der Waals surface area contributed by atoms with Crippen molar-refractivity contribution in [3.05, 3.63) is 29.8 Å². The van der Waals surface area contributed by atoms with Gasteiger partial charge in [0, 0.05) is 12.1 Å². The van der Waals surface area contributed by atoms with E-state index in [9.17, 15) is 8.42 Å². The highest BCUT2D eigenvalue weighted by molar-refractivity contribution is 7.90. The highest BCUT2D eigenvalue weighted by atomic mass is 32.2. The second kappa shape index (κ2) is 4.82. The molecule has 1 aromatic carbocycles. The molecule has 2 aliphatic rings. The Bertz CT molecular complexity index is 663. The molecule has 0 spiro atoms. The zero-order valence-electron chi connectivity index (χ0n) is 13.8. The summed E-state index contributed by atoms with van der Waals surface area (Å²) in [5.74, 6) is 0.744. The van der Waals surface area contributed by atoms with Crippen molar-refractivity contribution >= 4 is 17.0 Å². The zero-order chi connectivity index (χ0) is 16.3. The van der Waals surface area contributed by atoms with Crippen LogP contribution >= 0.6 is 0 Å². The minimum Gasteiger partial charge on any atom is -0.403 e. The van der Waals surface area contributed by atoms with E-state index in [4.69, 9.17) is 9.31 Å². The van der Waals surface area contributed by atoms with Crippen molar-refractivity contribution in [2.24, 2.45) is 0 Å². The van der Waals surface area contributed by atoms with Crippen LogP contribution in [-0.2, 0) is 19.1 Å². The summed E-state index contributed by atoms with van der Waals surface area (Å²) < 4.78 is 35.2. The van der Waals surface area contributed by atoms with Gasteiger partial charge in [0.2, 0.25) is 0 Å². The molecule has 1 saturated carbocycles. The summed E-state index contributed by atoms with van der Waals surface area (Å²) in [6.45, 7) is 8.24. The van der Waals surface area contributed by atoms with Crippen LogP contribution in [0.5, 0.6) is 0 Å². The predicted octanol–water partition coefficient (Wildman–Crippen LogP) is 3.04. The first kappa shape index (κ1) is 16.0. The highest BCUT2D eigenvalue weighted by Crippen LogP contribution is 2.58. The SMILES string of the molecule is CC1(C)OB(C2CC2c2ccc(S(C)(=O)=O)cc2)OC1(C)C. The standard InChI is InChI=1S/C16H23BO4S/c1-15(2)16(3,4)21-17(20-15)14-10-13(14)11-6-8-12(9-7-11)22(5,18)19/h6-9,13-14H,10H2,1-5H3. The number of sulfone groups is 1. The lowest BCUT2D eigenvalue weighted by molar-refractivity contribution is 0.00578. The van der Waals surface area contributed by atoms with E-state index in [0.29, 0.717) is 16.6 Å². The molecule has 2 fully saturated rings. The Morgan fingerprint density at radius 3 is 2.00 bits per heavy atom. The van der Waals surface area contributed by atoms with Crippen LogP contribution in [0.2, 0.25) is 5.82 Å². The normalized spacial score (nSPS) is 29.6. The molecule has 4 nitrogen and oxygen atoms in total. The second-order valence-corrected chi connectivity index (χ2v) is 9.49. The molecule has 2 atom stereocenters. The first-order chi connectivity index (χ1) is 10.0. The molecule has 2 unspecified atom stereocenters. The van der Waals surface area contributed by atoms with Gasteiger partial charge >= 0.3 is 7.12 Å². The van der Waals surface area contributed by atoms with Crippen LogP contribution in [0.15, 0.2) is 29.2 Å². The molecule has 6 heteroatoms. The van der Waals surface area contributed by atoms with E-state index >= 15 is 0 Å². The van der Waals surface area contributed by atoms with E-state index in [1.807, 2.05) is 12.1 Å². The minimum absolute atomic E-state index is 0.176. The molecule has 0 N–H and O–H groups in total. The first-order valence-electron chi connectivity index (χ1n) is 7.67. The van der Waals surface area contributed by atoms with Crippen molar-refractivity contribution in [2.45, 2.75) is 61.9 Å². The molecule has 1 aromatic rings. The van der Waals surface area contributed by atoms with Crippen LogP contribution in [0.25, 0.3) is 0 Å². The summed E-state index contributed by atoms with van der Waals surface area (Å²) >= 11 is 0. The van der Waals surface area contributed by atoms with Gasteiger partial charge in [-0.15, -0.1) is 0 Å². The molecule has 3 rings (SSSR count). The molecular weight excluding hydrogens is 299 g/mol. The van der Waals surface area contributed by atoms with Crippen molar-refractivity contribution in [3.63, 3.8) is 0 Å². The average Bonchev–Trinajstić information content (AvgIpc) is 3.12. The fraction of sp³-hybridized carbons (Fsp3) is 0.625. The lowest BCUT2D eigenvalue weighted by atomic mass is 9.79. The summed E-state index contributed by atoms with van der Waals surface area (Å²) in [7, 11) is -3.31. The van der Waals surface area contributed by atoms with E-state index < -0.39 is 9.84 Å². The van der Waals surface area contributed by atoms with Crippen molar-refractivity contribution in [2.75, 3.05) is 6.26 Å². The maximum atomic E-state index is 11.5. The van der Waals surface area contributed by atoms with Gasteiger partial charge in [-0.25, -0.2) is 8.42 Å². The molecule has 0 bridgehead atoms. The summed E-state index contributed by atoms with van der Waals surface area (Å²) in [5, 5.41) is 0. The molecule has 22 heavy (non-hydrogen) atoms. The number of hydrogen-bond donors (Lipinski definition) is 0. The molecular formula is C16H23BO4S. The lowest BCUT2D eigenvalue weighted by Crippen LogP contribution is -2.41. The predicted molar refractivity (Wildman–Crippen MR) is 86.7 cm³/mol. The third-order valence-electron chi connectivity index (χ3n) is 5.20. The number of hydrogen-bond acceptors (Lipinski definition) is 4. The third kappa shape index (κ3) is 2.72. The minimum atomic E-state index is -3.13. The summed E-state index contributed by atoms with van der Waals surface area (Å²) in [6.07, 6.45) is 2.25. The Kier molecular flexibility index (Phi) is 3.51. The van der Waals surface area contributed by atoms with E-state index in [2.05, 4.69) is 27.7 Å². The molecule has 1 saturated heterocycles. The van der Waals surface area contributed by atoms with Crippen molar-refractivity contribution < 1.29 is 17.7 Å². The monoisotopic (exact) mass is 322 g/mol. The van der Waals surface area contributed by atoms with E-state index in [1.165, 1.54) is 6.26 Å². The Hall–Kier alpha value is -0.845. The van der Waals surface area contributed by atoms with Gasteiger partial charge in [0.1, 0.15) is 0 Å². The highest BCUT2D eigenvalue weighted by Gasteiger charge is 2.59. The van der Waals surface area contributed by atoms with Crippen LogP contribution in [0.4, 0.5) is 0 Å². The van der Waals surface area contributed by atoms with Crippen molar-refractivity contribution in [3.8, 4) is 0 Å². The van der Waals surface area contributed by atoms with Gasteiger partial charge in [-0.1, -0.05) is 12.1 Å². The molecule has 1 aliphatic heterocycles. The summed E-state index contributed by atoms with van der Waals surface area (Å²) in [5.41, 5.74) is 0.558. The van der Waals surface area contributed by atoms with Crippen molar-refractivity contribution in [1.82, 2.24) is 0 Å². The summed E-state index contributed by atoms with van der Waals surface area (Å²) in [4.78, 5) is 0.365. The number of rotatable bonds is 3. The molecule has 0 aromatic heterocycles. The van der Waals surface area contributed by atoms with E-state index in [0.717, 1.165) is 12.0 Å². The van der Waals surface area contributed by atoms with Crippen LogP contribution in [0.1, 0.15) is 45.6 Å². The molecule has 1 heterocycles. The van der Waals surface area contributed by atoms with Crippen LogP contribution in [0.3, 0.4) is 0 Å². The smallest absolute Gasteiger partial charge is 0.403 e. The quantitative estimate of drug-likeness (QED) is 0.803. The average molecular weight is 322 g/mol. The Labute approximate surface area is 133 Å². The molecule has 0 radical (unpaired) electrons. The van der Waals surface area contributed by atoms with Crippen LogP contribution in [0, 0.1) is 0 Å². The van der Waals surface area contributed by atoms with E-state index in [1.54, 1.807) is 12.1 Å². The Morgan fingerprint density at radius 2 is 1.55 bits per heavy atom. The summed E-state index contributed by atoms with van der Waals surface area (Å²) in [6, 6.07) is 7.19. The van der Waals surface area contributed by atoms with Gasteiger partial charge < -0.3 is 9.31 Å². The van der Waals surface area contributed by atoms with Gasteiger partial charge in [0.05, 0.1) is 16.1 Å². The van der Waals surface area contributed by atoms with Gasteiger partial charge in [-0.05, 0) is 57.7 Å². The molecule has 1 aliphatic carbocycles. The van der Waals surface area contributed by atoms with E-state index in [-0.39, 0.29) is 18.3 Å². The van der Waals surface area contributed by atoms with Gasteiger partial charge in [-0.2, -0.15) is 0 Å². The largest absolute Gasteiger partial charge is 0.461 e. The fourth-order valence-electron chi connectivity index (χ4n) is 2.92. The Balaban J connectivity index is 1.71. The number of benzene rings is 1. The Morgan fingerprint density at radius 1 is 1.05 bits per heavy atom. The zero-order valence-corrected chi connectivity index (χ0v) is 14.6. The topological polar surface area (TPSA) is 52.6 Å². The maximum Gasteiger partial charge on any atom is 0.461 e. The van der Waals surface area contributed by atoms with Gasteiger partial charge in [-0.3, -0.25) is 0 Å². The second-order valence-electron chi connectivity index (χ2n) is 7.47. The third-order valence-corrected chi connectivity index (χ3v) is 6.33. The molecule has 0 amide bonds. The lowest BCUT2D eigenvalue weighted by Gasteiger charge is -2.32. The van der Waals surface area contributed by atoms with Gasteiger partial charge in [0.15, 0.2) is 9.84 Å². The van der Waals surface area contributed by atoms with Gasteiger partial charge in [0.25, 0.3) is 0 Å². The van der Waals surface area contributed by atoms with Crippen LogP contribution < -0.4 is 0 Å². The first-order valence-corrected chi connectivity index (χ1v) is 9.56.